The number of hydrogen-bond donors (Lipinski definition) is 2. The Bertz CT molecular complexity index is 1140. The van der Waals surface area contributed by atoms with Crippen LogP contribution in [0.3, 0.4) is 0 Å². The molecule has 1 fully saturated rings. The van der Waals surface area contributed by atoms with Gasteiger partial charge in [-0.25, -0.2) is 13.6 Å². The molecule has 34 heavy (non-hydrogen) atoms. The Morgan fingerprint density at radius 2 is 1.68 bits per heavy atom. The predicted molar refractivity (Wildman–Crippen MR) is 139 cm³/mol. The Balaban J connectivity index is 0.000000481. The van der Waals surface area contributed by atoms with Gasteiger partial charge in [0.15, 0.2) is 0 Å². The molecule has 7 heteroatoms. The van der Waals surface area contributed by atoms with E-state index < -0.39 is 11.9 Å². The molecule has 1 aliphatic rings. The third-order valence-corrected chi connectivity index (χ3v) is 7.01. The Kier molecular flexibility index (Phi) is 7.98. The van der Waals surface area contributed by atoms with Crippen molar-refractivity contribution in [2.75, 3.05) is 25.0 Å². The number of alkyl halides is 2. The number of carboxylic acid groups (broad SMARTS) is 1. The molecule has 2 aromatic carbocycles. The van der Waals surface area contributed by atoms with E-state index in [1.165, 1.54) is 29.9 Å². The summed E-state index contributed by atoms with van der Waals surface area (Å²) in [6.45, 7) is 9.03. The minimum atomic E-state index is -2.88. The molecule has 0 radical (unpaired) electrons. The number of anilines is 1. The molecule has 4 rings (SSSR count). The summed E-state index contributed by atoms with van der Waals surface area (Å²) in [7, 11) is 1.96. The fourth-order valence-electron chi connectivity index (χ4n) is 3.81. The number of rotatable bonds is 4. The zero-order chi connectivity index (χ0) is 25.1. The monoisotopic (exact) mass is 488 g/mol. The maximum absolute atomic E-state index is 13.6. The summed E-state index contributed by atoms with van der Waals surface area (Å²) in [5, 5.41) is 15.6. The molecule has 3 aromatic rings. The highest BCUT2D eigenvalue weighted by Crippen LogP contribution is 2.39. The van der Waals surface area contributed by atoms with Crippen molar-refractivity contribution in [2.45, 2.75) is 58.4 Å². The standard InChI is InChI=1S/C22H21F2NO2S.C5H13N/c1-22(23,24)15-6-7-16-18(13-28-20(16)12-15)14-5-8-19(17(11-14)21(26)27)25-9-3-2-4-10-25;1-5(2,3)6-4/h5-8,11-13H,2-4,9-10H2,1H3,(H,26,27);6H,1-4H3. The van der Waals surface area contributed by atoms with E-state index in [4.69, 9.17) is 0 Å². The lowest BCUT2D eigenvalue weighted by molar-refractivity contribution is 0.0176. The van der Waals surface area contributed by atoms with Crippen LogP contribution in [-0.4, -0.2) is 36.8 Å². The van der Waals surface area contributed by atoms with Gasteiger partial charge >= 0.3 is 5.97 Å². The lowest BCUT2D eigenvalue weighted by Crippen LogP contribution is -2.31. The van der Waals surface area contributed by atoms with Crippen molar-refractivity contribution in [3.05, 3.63) is 52.9 Å². The highest BCUT2D eigenvalue weighted by Gasteiger charge is 2.25. The Hall–Kier alpha value is -2.51. The number of carbonyl (C=O) groups is 1. The van der Waals surface area contributed by atoms with Crippen molar-refractivity contribution in [3.63, 3.8) is 0 Å². The molecule has 2 heterocycles. The van der Waals surface area contributed by atoms with Crippen molar-refractivity contribution >= 4 is 33.1 Å². The molecule has 0 atom stereocenters. The minimum absolute atomic E-state index is 0.0138. The molecule has 0 amide bonds. The maximum Gasteiger partial charge on any atom is 0.337 e. The van der Waals surface area contributed by atoms with Crippen LogP contribution in [0.5, 0.6) is 0 Å². The van der Waals surface area contributed by atoms with Crippen molar-refractivity contribution in [1.29, 1.82) is 0 Å². The van der Waals surface area contributed by atoms with E-state index in [0.717, 1.165) is 59.8 Å². The molecule has 2 N–H and O–H groups in total. The molecule has 0 unspecified atom stereocenters. The molecular weight excluding hydrogens is 454 g/mol. The van der Waals surface area contributed by atoms with E-state index in [0.29, 0.717) is 5.54 Å². The molecule has 4 nitrogen and oxygen atoms in total. The number of aromatic carboxylic acids is 1. The van der Waals surface area contributed by atoms with Crippen LogP contribution < -0.4 is 10.2 Å². The fourth-order valence-corrected chi connectivity index (χ4v) is 4.82. The van der Waals surface area contributed by atoms with Gasteiger partial charge in [0.05, 0.1) is 11.3 Å². The molecule has 0 saturated carbocycles. The lowest BCUT2D eigenvalue weighted by atomic mass is 9.98. The largest absolute Gasteiger partial charge is 0.478 e. The second-order valence-electron chi connectivity index (χ2n) is 9.83. The number of nitrogens with zero attached hydrogens (tertiary/aromatic N) is 1. The molecule has 1 aromatic heterocycles. The summed E-state index contributed by atoms with van der Waals surface area (Å²) in [6, 6.07) is 10.2. The van der Waals surface area contributed by atoms with Gasteiger partial charge in [-0.1, -0.05) is 18.2 Å². The van der Waals surface area contributed by atoms with E-state index in [1.54, 1.807) is 12.1 Å². The zero-order valence-corrected chi connectivity index (χ0v) is 21.4. The van der Waals surface area contributed by atoms with Gasteiger partial charge in [0.1, 0.15) is 0 Å². The van der Waals surface area contributed by atoms with E-state index >= 15 is 0 Å². The minimum Gasteiger partial charge on any atom is -0.478 e. The van der Waals surface area contributed by atoms with Crippen molar-refractivity contribution < 1.29 is 18.7 Å². The van der Waals surface area contributed by atoms with E-state index in [1.807, 2.05) is 24.6 Å². The molecule has 184 valence electrons. The van der Waals surface area contributed by atoms with E-state index in [9.17, 15) is 18.7 Å². The fraction of sp³-hybridized carbons (Fsp3) is 0.444. The van der Waals surface area contributed by atoms with E-state index in [2.05, 4.69) is 31.0 Å². The lowest BCUT2D eigenvalue weighted by Gasteiger charge is -2.30. The summed E-state index contributed by atoms with van der Waals surface area (Å²) in [6.07, 6.45) is 3.32. The first-order valence-corrected chi connectivity index (χ1v) is 12.5. The number of benzene rings is 2. The molecular formula is C27H34F2N2O2S. The molecule has 1 saturated heterocycles. The number of piperidine rings is 1. The molecule has 0 aliphatic carbocycles. The number of carboxylic acids is 1. The molecule has 0 spiro atoms. The Labute approximate surface area is 204 Å². The van der Waals surface area contributed by atoms with Crippen LogP contribution in [0, 0.1) is 0 Å². The van der Waals surface area contributed by atoms with Crippen LogP contribution in [0.15, 0.2) is 41.8 Å². The summed E-state index contributed by atoms with van der Waals surface area (Å²) < 4.78 is 28.0. The summed E-state index contributed by atoms with van der Waals surface area (Å²) in [5.41, 5.74) is 2.98. The maximum atomic E-state index is 13.6. The van der Waals surface area contributed by atoms with Gasteiger partial charge in [0, 0.05) is 46.8 Å². The van der Waals surface area contributed by atoms with E-state index in [-0.39, 0.29) is 11.1 Å². The second kappa shape index (κ2) is 10.4. The number of hydrogen-bond acceptors (Lipinski definition) is 4. The van der Waals surface area contributed by atoms with Crippen LogP contribution in [-0.2, 0) is 5.92 Å². The first-order valence-electron chi connectivity index (χ1n) is 11.6. The van der Waals surface area contributed by atoms with Crippen LogP contribution in [0.25, 0.3) is 21.2 Å². The van der Waals surface area contributed by atoms with Gasteiger partial charge in [0.2, 0.25) is 0 Å². The number of thiophene rings is 1. The predicted octanol–water partition coefficient (Wildman–Crippen LogP) is 7.37. The highest BCUT2D eigenvalue weighted by molar-refractivity contribution is 7.17. The van der Waals surface area contributed by atoms with Crippen molar-refractivity contribution in [2.24, 2.45) is 0 Å². The third kappa shape index (κ3) is 6.33. The van der Waals surface area contributed by atoms with Crippen molar-refractivity contribution in [1.82, 2.24) is 5.32 Å². The molecule has 1 aliphatic heterocycles. The summed E-state index contributed by atoms with van der Waals surface area (Å²) in [4.78, 5) is 14.0. The van der Waals surface area contributed by atoms with Gasteiger partial charge in [-0.15, -0.1) is 11.3 Å². The Morgan fingerprint density at radius 1 is 1.03 bits per heavy atom. The van der Waals surface area contributed by atoms with Crippen LogP contribution in [0.4, 0.5) is 14.5 Å². The number of nitrogens with one attached hydrogen (secondary N) is 1. The topological polar surface area (TPSA) is 52.6 Å². The summed E-state index contributed by atoms with van der Waals surface area (Å²) in [5.74, 6) is -3.83. The molecule has 0 bridgehead atoms. The quantitative estimate of drug-likeness (QED) is 0.402. The number of halogens is 2. The second-order valence-corrected chi connectivity index (χ2v) is 10.7. The SMILES string of the molecule is CC(F)(F)c1ccc2c(-c3ccc(N4CCCCC4)c(C(=O)O)c3)csc2c1.CNC(C)(C)C. The van der Waals surface area contributed by atoms with Gasteiger partial charge in [-0.2, -0.15) is 0 Å². The average molecular weight is 489 g/mol. The normalized spacial score (nSPS) is 14.6. The van der Waals surface area contributed by atoms with Crippen molar-refractivity contribution in [3.8, 4) is 11.1 Å². The van der Waals surface area contributed by atoms with Crippen LogP contribution >= 0.6 is 11.3 Å². The summed E-state index contributed by atoms with van der Waals surface area (Å²) >= 11 is 1.39. The Morgan fingerprint density at radius 3 is 2.24 bits per heavy atom. The number of fused-ring (bicyclic) bond motifs is 1. The first-order chi connectivity index (χ1) is 15.9. The smallest absolute Gasteiger partial charge is 0.337 e. The zero-order valence-electron chi connectivity index (χ0n) is 20.5. The third-order valence-electron chi connectivity index (χ3n) is 6.07. The van der Waals surface area contributed by atoms with Gasteiger partial charge < -0.3 is 15.3 Å². The van der Waals surface area contributed by atoms with Crippen LogP contribution in [0.2, 0.25) is 0 Å². The van der Waals surface area contributed by atoms with Gasteiger partial charge in [0.25, 0.3) is 5.92 Å². The first kappa shape index (κ1) is 26.1. The van der Waals surface area contributed by atoms with Crippen LogP contribution in [0.1, 0.15) is 62.9 Å². The van der Waals surface area contributed by atoms with Gasteiger partial charge in [-0.05, 0) is 76.2 Å². The average Bonchev–Trinajstić information content (AvgIpc) is 3.22. The van der Waals surface area contributed by atoms with Gasteiger partial charge in [-0.3, -0.25) is 0 Å². The highest BCUT2D eigenvalue weighted by atomic mass is 32.1.